The smallest absolute Gasteiger partial charge is 0.339 e. The molecule has 0 saturated carbocycles. The molecular formula is C27H25N5O3S. The molecule has 0 radical (unpaired) electrons. The lowest BCUT2D eigenvalue weighted by atomic mass is 9.96. The van der Waals surface area contributed by atoms with Crippen LogP contribution in [0.2, 0.25) is 0 Å². The van der Waals surface area contributed by atoms with Gasteiger partial charge in [-0.05, 0) is 36.1 Å². The molecule has 3 aromatic rings. The van der Waals surface area contributed by atoms with Gasteiger partial charge in [0.05, 0.1) is 29.2 Å². The van der Waals surface area contributed by atoms with Crippen LogP contribution >= 0.6 is 11.8 Å². The van der Waals surface area contributed by atoms with E-state index in [0.717, 1.165) is 23.7 Å². The van der Waals surface area contributed by atoms with E-state index in [1.54, 1.807) is 24.3 Å². The van der Waals surface area contributed by atoms with Gasteiger partial charge in [0.15, 0.2) is 0 Å². The van der Waals surface area contributed by atoms with Crippen molar-refractivity contribution in [1.82, 2.24) is 4.98 Å². The number of para-hydroxylation sites is 1. The number of nitrogens with zero attached hydrogens (tertiary/aromatic N) is 3. The van der Waals surface area contributed by atoms with Gasteiger partial charge in [0.25, 0.3) is 0 Å². The number of benzene rings is 2. The zero-order chi connectivity index (χ0) is 26.2. The van der Waals surface area contributed by atoms with Crippen LogP contribution in [0.15, 0.2) is 53.6 Å². The van der Waals surface area contributed by atoms with E-state index in [2.05, 4.69) is 22.4 Å². The Bertz CT molecular complexity index is 1370. The number of carbonyl (C=O) groups excluding carboxylic acids is 2. The number of amides is 1. The number of thioether (sulfide) groups is 1. The lowest BCUT2D eigenvalue weighted by Gasteiger charge is -2.18. The minimum Gasteiger partial charge on any atom is -0.465 e. The number of anilines is 2. The Kier molecular flexibility index (Phi) is 8.66. The Morgan fingerprint density at radius 2 is 1.75 bits per heavy atom. The minimum absolute atomic E-state index is 0.0140. The predicted octanol–water partition coefficient (Wildman–Crippen LogP) is 4.93. The third kappa shape index (κ3) is 5.48. The lowest BCUT2D eigenvalue weighted by Crippen LogP contribution is -2.26. The first kappa shape index (κ1) is 26.3. The van der Waals surface area contributed by atoms with Crippen molar-refractivity contribution in [2.45, 2.75) is 37.0 Å². The van der Waals surface area contributed by atoms with E-state index < -0.39 is 11.2 Å². The third-order valence-electron chi connectivity index (χ3n) is 5.57. The summed E-state index contributed by atoms with van der Waals surface area (Å²) in [6, 6.07) is 18.3. The second-order valence-electron chi connectivity index (χ2n) is 7.74. The van der Waals surface area contributed by atoms with Gasteiger partial charge in [-0.15, -0.1) is 0 Å². The van der Waals surface area contributed by atoms with E-state index in [1.165, 1.54) is 7.11 Å². The summed E-state index contributed by atoms with van der Waals surface area (Å²) in [6.45, 7) is 3.86. The first-order chi connectivity index (χ1) is 17.4. The van der Waals surface area contributed by atoms with Crippen LogP contribution in [0, 0.1) is 22.7 Å². The quantitative estimate of drug-likeness (QED) is 0.328. The number of rotatable bonds is 8. The molecule has 3 rings (SSSR count). The summed E-state index contributed by atoms with van der Waals surface area (Å²) in [4.78, 5) is 29.6. The van der Waals surface area contributed by atoms with Gasteiger partial charge >= 0.3 is 5.97 Å². The summed E-state index contributed by atoms with van der Waals surface area (Å²) in [7, 11) is 1.27. The van der Waals surface area contributed by atoms with E-state index in [9.17, 15) is 20.1 Å². The maximum atomic E-state index is 13.2. The highest BCUT2D eigenvalue weighted by Crippen LogP contribution is 2.38. The first-order valence-corrected chi connectivity index (χ1v) is 12.1. The normalized spacial score (nSPS) is 11.1. The van der Waals surface area contributed by atoms with Crippen molar-refractivity contribution >= 4 is 35.1 Å². The van der Waals surface area contributed by atoms with Crippen LogP contribution in [-0.4, -0.2) is 29.2 Å². The molecule has 1 amide bonds. The molecule has 0 fully saturated rings. The minimum atomic E-state index is -0.655. The summed E-state index contributed by atoms with van der Waals surface area (Å²) in [5, 5.41) is 22.2. The highest BCUT2D eigenvalue weighted by Gasteiger charge is 2.26. The summed E-state index contributed by atoms with van der Waals surface area (Å²) in [6.07, 6.45) is 1.26. The van der Waals surface area contributed by atoms with Gasteiger partial charge in [0.2, 0.25) is 5.91 Å². The molecule has 0 aliphatic carbocycles. The maximum Gasteiger partial charge on any atom is 0.339 e. The number of nitrogens with two attached hydrogens (primary N) is 1. The molecule has 0 bridgehead atoms. The van der Waals surface area contributed by atoms with Crippen LogP contribution in [0.25, 0.3) is 11.1 Å². The largest absolute Gasteiger partial charge is 0.465 e. The van der Waals surface area contributed by atoms with Crippen LogP contribution < -0.4 is 11.1 Å². The highest BCUT2D eigenvalue weighted by molar-refractivity contribution is 8.00. The Morgan fingerprint density at radius 1 is 1.08 bits per heavy atom. The molecule has 1 aromatic heterocycles. The summed E-state index contributed by atoms with van der Waals surface area (Å²) in [5.74, 6) is -0.958. The summed E-state index contributed by atoms with van der Waals surface area (Å²) < 4.78 is 4.79. The Labute approximate surface area is 214 Å². The fraction of sp³-hybridized carbons (Fsp3) is 0.222. The first-order valence-electron chi connectivity index (χ1n) is 11.3. The zero-order valence-corrected chi connectivity index (χ0v) is 21.0. The molecule has 9 heteroatoms. The number of nitriles is 2. The molecular weight excluding hydrogens is 474 g/mol. The second kappa shape index (κ2) is 11.9. The van der Waals surface area contributed by atoms with Gasteiger partial charge in [-0.2, -0.15) is 10.5 Å². The van der Waals surface area contributed by atoms with Crippen LogP contribution in [0.1, 0.15) is 47.3 Å². The molecule has 3 N–H and O–H groups in total. The van der Waals surface area contributed by atoms with E-state index in [4.69, 9.17) is 10.5 Å². The van der Waals surface area contributed by atoms with Gasteiger partial charge in [-0.1, -0.05) is 62.0 Å². The number of esters is 1. The average molecular weight is 500 g/mol. The number of carbonyl (C=O) groups is 2. The molecule has 8 nitrogen and oxygen atoms in total. The molecule has 1 heterocycles. The monoisotopic (exact) mass is 499 g/mol. The molecule has 182 valence electrons. The van der Waals surface area contributed by atoms with Crippen molar-refractivity contribution in [3.05, 3.63) is 70.8 Å². The van der Waals surface area contributed by atoms with E-state index in [-0.39, 0.29) is 33.4 Å². The van der Waals surface area contributed by atoms with Crippen molar-refractivity contribution < 1.29 is 14.3 Å². The van der Waals surface area contributed by atoms with Crippen molar-refractivity contribution in [3.63, 3.8) is 0 Å². The van der Waals surface area contributed by atoms with Crippen LogP contribution in [0.5, 0.6) is 0 Å². The average Bonchev–Trinajstić information content (AvgIpc) is 2.91. The lowest BCUT2D eigenvalue weighted by molar-refractivity contribution is -0.115. The topological polar surface area (TPSA) is 142 Å². The molecule has 1 atom stereocenters. The Hall–Kier alpha value is -4.34. The number of nitrogen functional groups attached to an aromatic ring is 1. The molecule has 36 heavy (non-hydrogen) atoms. The van der Waals surface area contributed by atoms with Crippen molar-refractivity contribution in [2.24, 2.45) is 0 Å². The van der Waals surface area contributed by atoms with Gasteiger partial charge in [-0.25, -0.2) is 9.78 Å². The molecule has 0 aliphatic heterocycles. The molecule has 2 aromatic carbocycles. The third-order valence-corrected chi connectivity index (χ3v) is 6.92. The van der Waals surface area contributed by atoms with Gasteiger partial charge < -0.3 is 15.8 Å². The number of nitrogens with one attached hydrogen (secondary N) is 1. The molecule has 0 spiro atoms. The van der Waals surface area contributed by atoms with Crippen LogP contribution in [-0.2, 0) is 16.0 Å². The molecule has 0 saturated heterocycles. The number of methoxy groups -OCH3 is 1. The maximum absolute atomic E-state index is 13.2. The summed E-state index contributed by atoms with van der Waals surface area (Å²) >= 11 is 1.09. The Morgan fingerprint density at radius 3 is 2.33 bits per heavy atom. The number of aryl methyl sites for hydroxylation is 1. The predicted molar refractivity (Wildman–Crippen MR) is 139 cm³/mol. The van der Waals surface area contributed by atoms with Crippen LogP contribution in [0.3, 0.4) is 0 Å². The second-order valence-corrected chi connectivity index (χ2v) is 8.93. The van der Waals surface area contributed by atoms with Gasteiger partial charge in [0.1, 0.15) is 28.5 Å². The standard InChI is InChI=1S/C27H25N5O3S/c1-4-16-10-12-17(13-11-16)23-19(14-28)24(30)32-26(20(23)15-29)36-22(5-2)25(33)31-21-9-7-6-8-18(21)27(34)35-3/h6-13,22H,4-5H2,1-3H3,(H2,30,32)(H,31,33). The summed E-state index contributed by atoms with van der Waals surface area (Å²) in [5.41, 5.74) is 9.14. The molecule has 0 aliphatic rings. The van der Waals surface area contributed by atoms with Crippen molar-refractivity contribution in [3.8, 4) is 23.3 Å². The van der Waals surface area contributed by atoms with E-state index in [0.29, 0.717) is 23.2 Å². The number of hydrogen-bond acceptors (Lipinski definition) is 8. The fourth-order valence-corrected chi connectivity index (χ4v) is 4.65. The van der Waals surface area contributed by atoms with Crippen LogP contribution in [0.4, 0.5) is 11.5 Å². The van der Waals surface area contributed by atoms with Crippen molar-refractivity contribution in [2.75, 3.05) is 18.2 Å². The Balaban J connectivity index is 2.01. The zero-order valence-electron chi connectivity index (χ0n) is 20.2. The SMILES string of the molecule is CCc1ccc(-c2c(C#N)c(N)nc(SC(CC)C(=O)Nc3ccccc3C(=O)OC)c2C#N)cc1. The highest BCUT2D eigenvalue weighted by atomic mass is 32.2. The van der Waals surface area contributed by atoms with Crippen molar-refractivity contribution in [1.29, 1.82) is 10.5 Å². The van der Waals surface area contributed by atoms with E-state index in [1.807, 2.05) is 38.1 Å². The molecule has 1 unspecified atom stereocenters. The number of hydrogen-bond donors (Lipinski definition) is 2. The number of pyridine rings is 1. The van der Waals surface area contributed by atoms with E-state index >= 15 is 0 Å². The number of ether oxygens (including phenoxy) is 1. The number of aromatic nitrogens is 1. The van der Waals surface area contributed by atoms with Gasteiger partial charge in [-0.3, -0.25) is 4.79 Å². The fourth-order valence-electron chi connectivity index (χ4n) is 3.63. The van der Waals surface area contributed by atoms with Gasteiger partial charge in [0, 0.05) is 5.56 Å².